The lowest BCUT2D eigenvalue weighted by atomic mass is 10.5. The summed E-state index contributed by atoms with van der Waals surface area (Å²) in [6, 6.07) is 1.97. The van der Waals surface area contributed by atoms with Crippen LogP contribution in [0.5, 0.6) is 0 Å². The van der Waals surface area contributed by atoms with Crippen LogP contribution >= 0.6 is 0 Å². The van der Waals surface area contributed by atoms with Crippen LogP contribution in [0.1, 0.15) is 6.42 Å². The predicted molar refractivity (Wildman–Crippen MR) is 39.1 cm³/mol. The molecule has 60 valence electrons. The van der Waals surface area contributed by atoms with Gasteiger partial charge in [0.1, 0.15) is 6.33 Å². The second kappa shape index (κ2) is 3.95. The molecular formula is C5H5N7. The molecule has 0 aliphatic heterocycles. The van der Waals surface area contributed by atoms with Gasteiger partial charge in [0.2, 0.25) is 5.95 Å². The van der Waals surface area contributed by atoms with Crippen molar-refractivity contribution in [2.45, 2.75) is 13.0 Å². The van der Waals surface area contributed by atoms with Gasteiger partial charge in [0.05, 0.1) is 19.0 Å². The molecule has 0 aromatic carbocycles. The minimum Gasteiger partial charge on any atom is -0.251 e. The smallest absolute Gasteiger partial charge is 0.237 e. The summed E-state index contributed by atoms with van der Waals surface area (Å²) in [5, 5.41) is 15.2. The average Bonchev–Trinajstić information content (AvgIpc) is 2.50. The molecular weight excluding hydrogens is 158 g/mol. The van der Waals surface area contributed by atoms with Gasteiger partial charge in [-0.3, -0.25) is 4.68 Å². The van der Waals surface area contributed by atoms with Crippen molar-refractivity contribution in [1.82, 2.24) is 14.8 Å². The fourth-order valence-corrected chi connectivity index (χ4v) is 0.643. The highest BCUT2D eigenvalue weighted by Crippen LogP contribution is 2.01. The largest absolute Gasteiger partial charge is 0.251 e. The molecule has 1 rings (SSSR count). The molecule has 0 saturated carbocycles. The second-order valence-corrected chi connectivity index (χ2v) is 1.91. The van der Waals surface area contributed by atoms with Crippen molar-refractivity contribution in [3.8, 4) is 6.07 Å². The van der Waals surface area contributed by atoms with Gasteiger partial charge in [-0.2, -0.15) is 5.26 Å². The van der Waals surface area contributed by atoms with Crippen LogP contribution < -0.4 is 0 Å². The van der Waals surface area contributed by atoms with Gasteiger partial charge in [-0.25, -0.2) is 4.98 Å². The van der Waals surface area contributed by atoms with Crippen LogP contribution in [0.15, 0.2) is 11.4 Å². The maximum absolute atomic E-state index is 8.24. The molecule has 0 bridgehead atoms. The van der Waals surface area contributed by atoms with Crippen molar-refractivity contribution in [3.63, 3.8) is 0 Å². The zero-order valence-electron chi connectivity index (χ0n) is 6.12. The second-order valence-electron chi connectivity index (χ2n) is 1.91. The Labute approximate surface area is 67.9 Å². The van der Waals surface area contributed by atoms with Crippen molar-refractivity contribution in [2.75, 3.05) is 0 Å². The SMILES string of the molecule is N#CCCn1cnc(N=[N+]=[N-])n1. The molecule has 0 aliphatic carbocycles. The Bertz CT molecular complexity index is 339. The van der Waals surface area contributed by atoms with Crippen LogP contribution in [0.25, 0.3) is 10.4 Å². The Morgan fingerprint density at radius 2 is 2.67 bits per heavy atom. The van der Waals surface area contributed by atoms with Gasteiger partial charge in [-0.15, -0.1) is 5.10 Å². The van der Waals surface area contributed by atoms with Gasteiger partial charge in [0, 0.05) is 4.91 Å². The van der Waals surface area contributed by atoms with Crippen LogP contribution in [0, 0.1) is 11.3 Å². The monoisotopic (exact) mass is 163 g/mol. The summed E-state index contributed by atoms with van der Waals surface area (Å²) in [4.78, 5) is 6.20. The molecule has 0 atom stereocenters. The number of hydrogen-bond acceptors (Lipinski definition) is 4. The minimum atomic E-state index is 0.0791. The molecule has 7 nitrogen and oxygen atoms in total. The molecule has 0 fully saturated rings. The third-order valence-corrected chi connectivity index (χ3v) is 1.11. The number of hydrogen-bond donors (Lipinski definition) is 0. The molecule has 0 aliphatic rings. The van der Waals surface area contributed by atoms with Crippen LogP contribution in [0.2, 0.25) is 0 Å². The number of nitriles is 1. The quantitative estimate of drug-likeness (QED) is 0.379. The van der Waals surface area contributed by atoms with Crippen LogP contribution in [0.3, 0.4) is 0 Å². The van der Waals surface area contributed by atoms with Gasteiger partial charge in [0.15, 0.2) is 0 Å². The molecule has 12 heavy (non-hydrogen) atoms. The summed E-state index contributed by atoms with van der Waals surface area (Å²) < 4.78 is 1.45. The first-order valence-electron chi connectivity index (χ1n) is 3.18. The lowest BCUT2D eigenvalue weighted by molar-refractivity contribution is 0.627. The Balaban J connectivity index is 2.65. The maximum Gasteiger partial charge on any atom is 0.237 e. The molecule has 0 N–H and O–H groups in total. The van der Waals surface area contributed by atoms with E-state index in [0.717, 1.165) is 0 Å². The molecule has 0 saturated heterocycles. The minimum absolute atomic E-state index is 0.0791. The molecule has 0 spiro atoms. The third-order valence-electron chi connectivity index (χ3n) is 1.11. The van der Waals surface area contributed by atoms with E-state index in [2.05, 4.69) is 20.1 Å². The molecule has 0 unspecified atom stereocenters. The van der Waals surface area contributed by atoms with Crippen molar-refractivity contribution in [2.24, 2.45) is 5.11 Å². The number of azide groups is 1. The van der Waals surface area contributed by atoms with Crippen molar-refractivity contribution in [1.29, 1.82) is 5.26 Å². The average molecular weight is 163 g/mol. The fourth-order valence-electron chi connectivity index (χ4n) is 0.643. The van der Waals surface area contributed by atoms with Crippen molar-refractivity contribution >= 4 is 5.95 Å². The number of nitrogens with zero attached hydrogens (tertiary/aromatic N) is 7. The Hall–Kier alpha value is -2.06. The van der Waals surface area contributed by atoms with Gasteiger partial charge >= 0.3 is 0 Å². The zero-order valence-corrected chi connectivity index (χ0v) is 6.12. The van der Waals surface area contributed by atoms with Gasteiger partial charge < -0.3 is 0 Å². The first kappa shape index (κ1) is 8.04. The molecule has 7 heteroatoms. The van der Waals surface area contributed by atoms with Crippen molar-refractivity contribution < 1.29 is 0 Å². The highest BCUT2D eigenvalue weighted by atomic mass is 15.4. The van der Waals surface area contributed by atoms with Gasteiger partial charge in [0.25, 0.3) is 0 Å². The maximum atomic E-state index is 8.24. The lowest BCUT2D eigenvalue weighted by Crippen LogP contribution is -1.96. The van der Waals surface area contributed by atoms with Gasteiger partial charge in [-0.1, -0.05) is 0 Å². The summed E-state index contributed by atoms with van der Waals surface area (Å²) in [5.41, 5.74) is 8.02. The molecule has 0 radical (unpaired) electrons. The number of aromatic nitrogens is 3. The topological polar surface area (TPSA) is 103 Å². The van der Waals surface area contributed by atoms with Gasteiger partial charge in [-0.05, 0) is 10.6 Å². The third kappa shape index (κ3) is 1.97. The summed E-state index contributed by atoms with van der Waals surface area (Å²) in [5.74, 6) is 0.0791. The predicted octanol–water partition coefficient (Wildman–Crippen LogP) is 1.13. The Kier molecular flexibility index (Phi) is 2.65. The number of rotatable bonds is 3. The van der Waals surface area contributed by atoms with E-state index in [-0.39, 0.29) is 5.95 Å². The first-order valence-corrected chi connectivity index (χ1v) is 3.18. The van der Waals surface area contributed by atoms with E-state index in [4.69, 9.17) is 10.8 Å². The summed E-state index contributed by atoms with van der Waals surface area (Å²) in [6.07, 6.45) is 1.78. The molecule has 1 aromatic heterocycles. The van der Waals surface area contributed by atoms with Crippen LogP contribution in [0.4, 0.5) is 5.95 Å². The van der Waals surface area contributed by atoms with Crippen molar-refractivity contribution in [3.05, 3.63) is 16.8 Å². The van der Waals surface area contributed by atoms with E-state index >= 15 is 0 Å². The van der Waals surface area contributed by atoms with E-state index in [1.807, 2.05) is 6.07 Å². The van der Waals surface area contributed by atoms with E-state index in [1.54, 1.807) is 0 Å². The Morgan fingerprint density at radius 1 is 1.83 bits per heavy atom. The molecule has 1 aromatic rings. The number of aryl methyl sites for hydroxylation is 1. The van der Waals surface area contributed by atoms with E-state index < -0.39 is 0 Å². The van der Waals surface area contributed by atoms with E-state index in [0.29, 0.717) is 13.0 Å². The molecule has 0 amide bonds. The van der Waals surface area contributed by atoms with E-state index in [1.165, 1.54) is 11.0 Å². The Morgan fingerprint density at radius 3 is 3.33 bits per heavy atom. The lowest BCUT2D eigenvalue weighted by Gasteiger charge is -1.90. The fraction of sp³-hybridized carbons (Fsp3) is 0.400. The highest BCUT2D eigenvalue weighted by molar-refractivity contribution is 5.08. The summed E-state index contributed by atoms with van der Waals surface area (Å²) >= 11 is 0. The highest BCUT2D eigenvalue weighted by Gasteiger charge is 1.95. The first-order chi connectivity index (χ1) is 5.86. The zero-order chi connectivity index (χ0) is 8.81. The summed E-state index contributed by atoms with van der Waals surface area (Å²) in [6.45, 7) is 0.463. The normalized spacial score (nSPS) is 8.58. The van der Waals surface area contributed by atoms with E-state index in [9.17, 15) is 0 Å². The molecule has 1 heterocycles. The standard InChI is InChI=1S/C5H5N7/c6-2-1-3-12-4-8-5(10-12)9-11-7/h4H,1,3H2. The summed E-state index contributed by atoms with van der Waals surface area (Å²) in [7, 11) is 0. The van der Waals surface area contributed by atoms with Crippen LogP contribution in [-0.2, 0) is 6.54 Å². The van der Waals surface area contributed by atoms with Crippen LogP contribution in [-0.4, -0.2) is 14.8 Å².